The molecule has 0 atom stereocenters. The number of carbonyl (C=O) groups excluding carboxylic acids is 1. The Labute approximate surface area is 132 Å². The molecule has 2 rings (SSSR count). The van der Waals surface area contributed by atoms with Crippen molar-refractivity contribution in [2.24, 2.45) is 10.7 Å². The highest BCUT2D eigenvalue weighted by molar-refractivity contribution is 7.18. The first-order chi connectivity index (χ1) is 10.6. The van der Waals surface area contributed by atoms with E-state index in [1.54, 1.807) is 0 Å². The maximum Gasteiger partial charge on any atom is 0.216 e. The fourth-order valence-electron chi connectivity index (χ4n) is 1.75. The number of aryl methyl sites for hydroxylation is 1. The summed E-state index contributed by atoms with van der Waals surface area (Å²) in [6, 6.07) is 7.99. The van der Waals surface area contributed by atoms with Crippen LogP contribution in [-0.4, -0.2) is 35.2 Å². The van der Waals surface area contributed by atoms with Gasteiger partial charge < -0.3 is 16.4 Å². The van der Waals surface area contributed by atoms with E-state index in [2.05, 4.69) is 25.8 Å². The topological polar surface area (TPSA) is 105 Å². The van der Waals surface area contributed by atoms with Crippen LogP contribution in [0.15, 0.2) is 29.3 Å². The minimum atomic E-state index is -0.0891. The van der Waals surface area contributed by atoms with Gasteiger partial charge in [0.2, 0.25) is 11.0 Å². The number of hydrogen-bond acceptors (Lipinski definition) is 5. The Morgan fingerprint density at radius 1 is 1.36 bits per heavy atom. The minimum Gasteiger partial charge on any atom is -0.370 e. The van der Waals surface area contributed by atoms with E-state index in [-0.39, 0.29) is 11.9 Å². The minimum absolute atomic E-state index is 0.0891. The highest BCUT2D eigenvalue weighted by Crippen LogP contribution is 2.28. The number of hydrogen-bond donors (Lipinski definition) is 3. The Bertz CT molecular complexity index is 681. The van der Waals surface area contributed by atoms with Crippen molar-refractivity contribution in [3.8, 4) is 10.6 Å². The summed E-state index contributed by atoms with van der Waals surface area (Å²) in [5.74, 6) is 0.159. The molecule has 1 amide bonds. The van der Waals surface area contributed by atoms with Crippen molar-refractivity contribution in [2.45, 2.75) is 13.8 Å². The Hall–Kier alpha value is -2.48. The number of nitrogens with one attached hydrogen (secondary N) is 2. The van der Waals surface area contributed by atoms with Crippen molar-refractivity contribution < 1.29 is 4.79 Å². The van der Waals surface area contributed by atoms with Gasteiger partial charge in [-0.2, -0.15) is 0 Å². The van der Waals surface area contributed by atoms with Gasteiger partial charge in [0, 0.05) is 19.0 Å². The molecular weight excluding hydrogens is 300 g/mol. The molecule has 1 aromatic heterocycles. The Morgan fingerprint density at radius 3 is 2.86 bits per heavy atom. The Morgan fingerprint density at radius 2 is 2.14 bits per heavy atom. The number of nitrogens with zero attached hydrogens (tertiary/aromatic N) is 3. The van der Waals surface area contributed by atoms with Gasteiger partial charge in [-0.15, -0.1) is 10.2 Å². The van der Waals surface area contributed by atoms with E-state index < -0.39 is 0 Å². The first-order valence-electron chi connectivity index (χ1n) is 6.77. The molecule has 2 aromatic rings. The van der Waals surface area contributed by atoms with E-state index in [0.717, 1.165) is 16.1 Å². The van der Waals surface area contributed by atoms with Crippen LogP contribution in [0.5, 0.6) is 0 Å². The molecule has 0 radical (unpaired) electrons. The fraction of sp³-hybridized carbons (Fsp3) is 0.286. The first kappa shape index (κ1) is 15.9. The molecule has 0 unspecified atom stereocenters. The number of aromatic nitrogens is 2. The lowest BCUT2D eigenvalue weighted by Gasteiger charge is -2.02. The number of carbonyl (C=O) groups is 1. The molecule has 7 nitrogen and oxygen atoms in total. The molecule has 0 aliphatic rings. The van der Waals surface area contributed by atoms with E-state index in [0.29, 0.717) is 18.2 Å². The predicted octanol–water partition coefficient (Wildman–Crippen LogP) is 1.38. The normalized spacial score (nSPS) is 11.3. The number of benzene rings is 1. The number of guanidine groups is 1. The molecule has 22 heavy (non-hydrogen) atoms. The Balaban J connectivity index is 1.96. The monoisotopic (exact) mass is 318 g/mol. The number of nitrogens with two attached hydrogens (primary N) is 1. The second-order valence-electron chi connectivity index (χ2n) is 4.60. The van der Waals surface area contributed by atoms with Gasteiger partial charge >= 0.3 is 0 Å². The molecular formula is C14H18N6OS. The van der Waals surface area contributed by atoms with Crippen molar-refractivity contribution in [1.29, 1.82) is 0 Å². The second kappa shape index (κ2) is 7.51. The van der Waals surface area contributed by atoms with Crippen LogP contribution in [0.25, 0.3) is 10.6 Å². The summed E-state index contributed by atoms with van der Waals surface area (Å²) in [4.78, 5) is 14.8. The lowest BCUT2D eigenvalue weighted by atomic mass is 10.1. The molecule has 0 spiro atoms. The highest BCUT2D eigenvalue weighted by atomic mass is 32.1. The van der Waals surface area contributed by atoms with Crippen LogP contribution in [0.3, 0.4) is 0 Å². The van der Waals surface area contributed by atoms with Crippen molar-refractivity contribution in [2.75, 3.05) is 18.4 Å². The molecule has 0 saturated heterocycles. The lowest BCUT2D eigenvalue weighted by molar-refractivity contribution is -0.118. The maximum absolute atomic E-state index is 10.7. The standard InChI is InChI=1S/C14H18N6OS/c1-9-5-3-4-6-11(9)12-19-20-14(22-12)18-13(15)17-8-7-16-10(2)21/h3-6H,7-8H2,1-2H3,(H,16,21)(H3,15,17,18,20). The van der Waals surface area contributed by atoms with Crippen molar-refractivity contribution in [3.05, 3.63) is 29.8 Å². The molecule has 0 aliphatic heterocycles. The van der Waals surface area contributed by atoms with Gasteiger partial charge in [0.1, 0.15) is 5.01 Å². The van der Waals surface area contributed by atoms with Crippen LogP contribution in [0.2, 0.25) is 0 Å². The predicted molar refractivity (Wildman–Crippen MR) is 88.9 cm³/mol. The van der Waals surface area contributed by atoms with E-state index in [1.807, 2.05) is 31.2 Å². The van der Waals surface area contributed by atoms with Gasteiger partial charge in [-0.3, -0.25) is 9.79 Å². The zero-order chi connectivity index (χ0) is 15.9. The quantitative estimate of drug-likeness (QED) is 0.439. The highest BCUT2D eigenvalue weighted by Gasteiger charge is 2.09. The lowest BCUT2D eigenvalue weighted by Crippen LogP contribution is -2.26. The van der Waals surface area contributed by atoms with Crippen molar-refractivity contribution >= 4 is 28.3 Å². The molecule has 0 fully saturated rings. The van der Waals surface area contributed by atoms with Crippen LogP contribution >= 0.6 is 11.3 Å². The summed E-state index contributed by atoms with van der Waals surface area (Å²) in [6.45, 7) is 4.34. The summed E-state index contributed by atoms with van der Waals surface area (Å²) in [5, 5.41) is 15.2. The van der Waals surface area contributed by atoms with E-state index in [9.17, 15) is 4.79 Å². The molecule has 1 heterocycles. The average Bonchev–Trinajstić information content (AvgIpc) is 2.92. The number of aliphatic imine (C=N–C) groups is 1. The number of amides is 1. The molecule has 8 heteroatoms. The average molecular weight is 318 g/mol. The van der Waals surface area contributed by atoms with Gasteiger partial charge in [-0.25, -0.2) is 0 Å². The largest absolute Gasteiger partial charge is 0.370 e. The summed E-state index contributed by atoms with van der Waals surface area (Å²) in [7, 11) is 0. The van der Waals surface area contributed by atoms with Crippen LogP contribution in [0, 0.1) is 6.92 Å². The van der Waals surface area contributed by atoms with E-state index in [4.69, 9.17) is 5.73 Å². The second-order valence-corrected chi connectivity index (χ2v) is 5.58. The zero-order valence-electron chi connectivity index (χ0n) is 12.5. The number of anilines is 1. The van der Waals surface area contributed by atoms with Gasteiger partial charge in [-0.1, -0.05) is 35.6 Å². The number of rotatable bonds is 5. The van der Waals surface area contributed by atoms with Crippen LogP contribution in [0.4, 0.5) is 5.13 Å². The van der Waals surface area contributed by atoms with Crippen molar-refractivity contribution in [1.82, 2.24) is 15.5 Å². The first-order valence-corrected chi connectivity index (χ1v) is 7.59. The smallest absolute Gasteiger partial charge is 0.216 e. The third-order valence-corrected chi connectivity index (χ3v) is 3.68. The third kappa shape index (κ3) is 4.52. The third-order valence-electron chi connectivity index (χ3n) is 2.80. The molecule has 0 saturated carbocycles. The van der Waals surface area contributed by atoms with Gasteiger partial charge in [0.15, 0.2) is 5.96 Å². The van der Waals surface area contributed by atoms with Gasteiger partial charge in [0.25, 0.3) is 0 Å². The van der Waals surface area contributed by atoms with Gasteiger partial charge in [0.05, 0.1) is 6.54 Å². The summed E-state index contributed by atoms with van der Waals surface area (Å²) < 4.78 is 0. The summed E-state index contributed by atoms with van der Waals surface area (Å²) in [5.41, 5.74) is 7.96. The van der Waals surface area contributed by atoms with E-state index >= 15 is 0 Å². The molecule has 0 bridgehead atoms. The maximum atomic E-state index is 10.7. The van der Waals surface area contributed by atoms with Crippen LogP contribution < -0.4 is 16.4 Å². The van der Waals surface area contributed by atoms with Gasteiger partial charge in [-0.05, 0) is 12.5 Å². The van der Waals surface area contributed by atoms with Crippen LogP contribution in [-0.2, 0) is 4.79 Å². The zero-order valence-corrected chi connectivity index (χ0v) is 13.3. The van der Waals surface area contributed by atoms with Crippen molar-refractivity contribution in [3.63, 3.8) is 0 Å². The summed E-state index contributed by atoms with van der Waals surface area (Å²) in [6.07, 6.45) is 0. The Kier molecular flexibility index (Phi) is 5.42. The summed E-state index contributed by atoms with van der Waals surface area (Å²) >= 11 is 1.41. The van der Waals surface area contributed by atoms with Crippen LogP contribution in [0.1, 0.15) is 12.5 Å². The molecule has 116 valence electrons. The SMILES string of the molecule is CC(=O)NCCN=C(N)Nc1nnc(-c2ccccc2C)s1. The fourth-order valence-corrected chi connectivity index (χ4v) is 2.59. The van der Waals surface area contributed by atoms with E-state index in [1.165, 1.54) is 18.3 Å². The molecule has 1 aromatic carbocycles. The molecule has 4 N–H and O–H groups in total. The molecule has 0 aliphatic carbocycles.